The van der Waals surface area contributed by atoms with E-state index in [1.165, 1.54) is 73.7 Å². The quantitative estimate of drug-likeness (QED) is 0.142. The second kappa shape index (κ2) is 20.1. The van der Waals surface area contributed by atoms with E-state index in [9.17, 15) is 65.9 Å². The maximum Gasteiger partial charge on any atom is 0.416 e. The third-order valence-corrected chi connectivity index (χ3v) is 13.8. The van der Waals surface area contributed by atoms with E-state index in [0.717, 1.165) is 36.4 Å². The number of nitrogens with zero attached hydrogens (tertiary/aromatic N) is 4. The molecule has 0 spiro atoms. The third-order valence-electron chi connectivity index (χ3n) is 13.8. The van der Waals surface area contributed by atoms with Crippen molar-refractivity contribution < 1.29 is 65.9 Å². The Balaban J connectivity index is 1.28. The third kappa shape index (κ3) is 10.8. The fourth-order valence-corrected chi connectivity index (χ4v) is 9.92. The van der Waals surface area contributed by atoms with Crippen LogP contribution in [0.3, 0.4) is 0 Å². The van der Waals surface area contributed by atoms with Crippen molar-refractivity contribution in [3.05, 3.63) is 228 Å². The summed E-state index contributed by atoms with van der Waals surface area (Å²) in [6.45, 7) is 1.44. The summed E-state index contributed by atoms with van der Waals surface area (Å²) < 4.78 is 216. The highest BCUT2D eigenvalue weighted by Gasteiger charge is 2.38. The highest BCUT2D eigenvalue weighted by atomic mass is 19.4. The van der Waals surface area contributed by atoms with Crippen molar-refractivity contribution >= 4 is 21.8 Å². The van der Waals surface area contributed by atoms with E-state index in [4.69, 9.17) is 15.0 Å². The molecule has 0 N–H and O–H groups in total. The minimum absolute atomic E-state index is 0.00720. The number of fused-ring (bicyclic) bond motifs is 3. The minimum atomic E-state index is -5.24. The fraction of sp³-hybridized carbons (Fsp3) is 0.0952. The van der Waals surface area contributed by atoms with E-state index in [1.807, 2.05) is 0 Å². The predicted molar refractivity (Wildman–Crippen MR) is 282 cm³/mol. The van der Waals surface area contributed by atoms with Crippen LogP contribution in [0.2, 0.25) is 0 Å². The molecule has 9 aromatic carbocycles. The Morgan fingerprint density at radius 2 is 0.622 bits per heavy atom. The average Bonchev–Trinajstić information content (AvgIpc) is 2.84. The SMILES string of the molecule is Cc1cc(-c2ccc3c(c2)c2cc(-c4cc(C(F)(F)F)cc(C(F)(F)F)c4)ccc2n3-c2c(-c3ccc(C(F)(F)F)cc3)cc(-c3nc(-c4ccccc4)nc(-c4ccccc4)n3)cc2-c2ccc(C(F)(F)F)cc2)cc(C(F)(F)F)c1. The van der Waals surface area contributed by atoms with Gasteiger partial charge in [0.15, 0.2) is 17.5 Å². The second-order valence-electron chi connectivity index (χ2n) is 19.3. The molecule has 2 aromatic heterocycles. The number of alkyl halides is 15. The molecule has 2 heterocycles. The largest absolute Gasteiger partial charge is 0.416 e. The van der Waals surface area contributed by atoms with E-state index >= 15 is 0 Å². The first-order valence-electron chi connectivity index (χ1n) is 24.7. The number of aryl methyl sites for hydroxylation is 1. The molecular weight excluding hydrogens is 1100 g/mol. The van der Waals surface area contributed by atoms with Gasteiger partial charge < -0.3 is 4.57 Å². The smallest absolute Gasteiger partial charge is 0.308 e. The van der Waals surface area contributed by atoms with Crippen LogP contribution >= 0.6 is 0 Å². The number of benzene rings is 9. The van der Waals surface area contributed by atoms with Gasteiger partial charge in [-0.15, -0.1) is 0 Å². The standard InChI is InChI=1S/C63H35F15N4/c1-34-24-41(26-46(25-34)61(70,71)72)39-16-22-53-51(29-39)52-30-40(42-27-47(62(73,74)75)33-48(28-42)63(76,77)78)17-23-54(52)82(53)55-49(35-12-18-44(19-13-35)59(64,65)66)31-43(32-50(55)36-14-20-45(21-15-36)60(67,68)69)58-80-56(37-8-4-2-5-9-37)79-57(81-58)38-10-6-3-7-11-38/h2-33H,1H3. The topological polar surface area (TPSA) is 43.6 Å². The number of rotatable bonds is 8. The molecule has 19 heteroatoms. The lowest BCUT2D eigenvalue weighted by Crippen LogP contribution is -2.11. The van der Waals surface area contributed by atoms with Crippen molar-refractivity contribution in [1.82, 2.24) is 19.5 Å². The van der Waals surface area contributed by atoms with Gasteiger partial charge in [-0.25, -0.2) is 15.0 Å². The zero-order valence-corrected chi connectivity index (χ0v) is 41.9. The van der Waals surface area contributed by atoms with E-state index in [-0.39, 0.29) is 101 Å². The van der Waals surface area contributed by atoms with E-state index in [0.29, 0.717) is 23.3 Å². The maximum atomic E-state index is 14.3. The Kier molecular flexibility index (Phi) is 13.4. The Hall–Kier alpha value is -9.26. The van der Waals surface area contributed by atoms with Crippen LogP contribution in [0.4, 0.5) is 65.9 Å². The Labute approximate surface area is 455 Å². The number of hydrogen-bond donors (Lipinski definition) is 0. The molecule has 0 saturated heterocycles. The van der Waals surface area contributed by atoms with Crippen LogP contribution in [0.1, 0.15) is 33.4 Å². The summed E-state index contributed by atoms with van der Waals surface area (Å²) in [5, 5.41) is 0.285. The maximum absolute atomic E-state index is 14.3. The first-order chi connectivity index (χ1) is 38.7. The molecule has 412 valence electrons. The van der Waals surface area contributed by atoms with Crippen LogP contribution in [-0.4, -0.2) is 19.5 Å². The number of halogens is 15. The van der Waals surface area contributed by atoms with Gasteiger partial charge in [-0.2, -0.15) is 65.9 Å². The van der Waals surface area contributed by atoms with Crippen molar-refractivity contribution in [3.8, 4) is 84.4 Å². The lowest BCUT2D eigenvalue weighted by atomic mass is 9.91. The van der Waals surface area contributed by atoms with Crippen molar-refractivity contribution in [2.45, 2.75) is 37.8 Å². The molecule has 0 radical (unpaired) electrons. The van der Waals surface area contributed by atoms with Gasteiger partial charge in [0.05, 0.1) is 44.5 Å². The van der Waals surface area contributed by atoms with Crippen LogP contribution in [0.25, 0.3) is 106 Å². The van der Waals surface area contributed by atoms with E-state index in [2.05, 4.69) is 0 Å². The van der Waals surface area contributed by atoms with Gasteiger partial charge in [0, 0.05) is 38.6 Å². The van der Waals surface area contributed by atoms with Gasteiger partial charge in [-0.3, -0.25) is 0 Å². The van der Waals surface area contributed by atoms with Gasteiger partial charge in [-0.05, 0) is 137 Å². The molecule has 0 atom stereocenters. The Bertz CT molecular complexity index is 4070. The van der Waals surface area contributed by atoms with Crippen molar-refractivity contribution in [1.29, 1.82) is 0 Å². The fourth-order valence-electron chi connectivity index (χ4n) is 9.92. The van der Waals surface area contributed by atoms with Crippen molar-refractivity contribution in [2.24, 2.45) is 0 Å². The molecule has 0 aliphatic rings. The molecule has 11 rings (SSSR count). The summed E-state index contributed by atoms with van der Waals surface area (Å²) in [7, 11) is 0. The molecule has 0 fully saturated rings. The van der Waals surface area contributed by atoms with Crippen molar-refractivity contribution in [3.63, 3.8) is 0 Å². The summed E-state index contributed by atoms with van der Waals surface area (Å²) in [4.78, 5) is 14.5. The monoisotopic (exact) mass is 1130 g/mol. The number of hydrogen-bond acceptors (Lipinski definition) is 3. The molecule has 82 heavy (non-hydrogen) atoms. The van der Waals surface area contributed by atoms with E-state index < -0.39 is 64.3 Å². The van der Waals surface area contributed by atoms with Crippen molar-refractivity contribution in [2.75, 3.05) is 0 Å². The average molecular weight is 1130 g/mol. The first-order valence-corrected chi connectivity index (χ1v) is 24.7. The second-order valence-corrected chi connectivity index (χ2v) is 19.3. The lowest BCUT2D eigenvalue weighted by molar-refractivity contribution is -0.143. The van der Waals surface area contributed by atoms with Crippen LogP contribution in [-0.2, 0) is 30.9 Å². The normalized spacial score (nSPS) is 12.6. The first kappa shape index (κ1) is 54.7. The summed E-state index contributed by atoms with van der Waals surface area (Å²) in [6, 6.07) is 41.3. The molecular formula is C63H35F15N4. The Morgan fingerprint density at radius 3 is 1.00 bits per heavy atom. The highest BCUT2D eigenvalue weighted by molar-refractivity contribution is 6.13. The molecule has 0 amide bonds. The molecule has 4 nitrogen and oxygen atoms in total. The summed E-state index contributed by atoms with van der Waals surface area (Å²) in [5.74, 6) is 0.385. The van der Waals surface area contributed by atoms with Gasteiger partial charge in [0.25, 0.3) is 0 Å². The van der Waals surface area contributed by atoms with Gasteiger partial charge >= 0.3 is 30.9 Å². The van der Waals surface area contributed by atoms with Gasteiger partial charge in [-0.1, -0.05) is 103 Å². The summed E-state index contributed by atoms with van der Waals surface area (Å²) >= 11 is 0. The minimum Gasteiger partial charge on any atom is -0.308 e. The molecule has 0 bridgehead atoms. The number of aromatic nitrogens is 4. The van der Waals surface area contributed by atoms with Gasteiger partial charge in [0.2, 0.25) is 0 Å². The van der Waals surface area contributed by atoms with Crippen LogP contribution in [0, 0.1) is 6.92 Å². The van der Waals surface area contributed by atoms with Crippen LogP contribution in [0.5, 0.6) is 0 Å². The lowest BCUT2D eigenvalue weighted by Gasteiger charge is -2.22. The van der Waals surface area contributed by atoms with Crippen LogP contribution in [0.15, 0.2) is 194 Å². The predicted octanol–water partition coefficient (Wildman–Crippen LogP) is 20.0. The molecule has 11 aromatic rings. The van der Waals surface area contributed by atoms with E-state index in [1.54, 1.807) is 77.4 Å². The van der Waals surface area contributed by atoms with Crippen LogP contribution < -0.4 is 0 Å². The molecule has 0 aliphatic heterocycles. The molecule has 0 aliphatic carbocycles. The summed E-state index contributed by atoms with van der Waals surface area (Å²) in [6.07, 6.45) is -24.9. The summed E-state index contributed by atoms with van der Waals surface area (Å²) in [5.41, 5.74) is -4.41. The zero-order valence-electron chi connectivity index (χ0n) is 41.9. The highest BCUT2D eigenvalue weighted by Crippen LogP contribution is 2.48. The van der Waals surface area contributed by atoms with Gasteiger partial charge in [0.1, 0.15) is 0 Å². The molecule has 0 unspecified atom stereocenters. The molecule has 0 saturated carbocycles. The zero-order chi connectivity index (χ0) is 58.3. The Morgan fingerprint density at radius 1 is 0.280 bits per heavy atom.